The first-order valence-corrected chi connectivity index (χ1v) is 12.5. The minimum absolute atomic E-state index is 0. The monoisotopic (exact) mass is 616 g/mol. The van der Waals surface area contributed by atoms with Crippen LogP contribution in [0.25, 0.3) is 0 Å². The van der Waals surface area contributed by atoms with Gasteiger partial charge in [0.1, 0.15) is 0 Å². The molecule has 190 valence electrons. The minimum atomic E-state index is 0. The molecule has 0 spiro atoms. The molecule has 0 aromatic rings. The SMILES string of the molecule is CCCCC[O-].CCCCC[O-].CCCCC[O-].CCCCC[O-].CCCCC[O-].[Ta+5]. The smallest absolute Gasteiger partial charge is 0.854 e. The Morgan fingerprint density at radius 1 is 0.290 bits per heavy atom. The predicted octanol–water partition coefficient (Wildman–Crippen LogP) is 2.68. The Kier molecular flexibility index (Phi) is 91.9. The summed E-state index contributed by atoms with van der Waals surface area (Å²) >= 11 is 0. The van der Waals surface area contributed by atoms with Crippen molar-refractivity contribution in [3.8, 4) is 0 Å². The first-order chi connectivity index (χ1) is 14.6. The summed E-state index contributed by atoms with van der Waals surface area (Å²) in [6, 6.07) is 0. The van der Waals surface area contributed by atoms with Gasteiger partial charge in [-0.1, -0.05) is 131 Å². The van der Waals surface area contributed by atoms with E-state index in [2.05, 4.69) is 34.6 Å². The number of rotatable bonds is 15. The topological polar surface area (TPSA) is 115 Å². The molecule has 0 aliphatic carbocycles. The molecule has 31 heavy (non-hydrogen) atoms. The van der Waals surface area contributed by atoms with E-state index in [4.69, 9.17) is 0 Å². The van der Waals surface area contributed by atoms with E-state index in [-0.39, 0.29) is 55.4 Å². The van der Waals surface area contributed by atoms with Gasteiger partial charge >= 0.3 is 22.4 Å². The summed E-state index contributed by atoms with van der Waals surface area (Å²) in [6.07, 6.45) is 15.6. The van der Waals surface area contributed by atoms with Crippen molar-refractivity contribution in [2.75, 3.05) is 33.0 Å². The van der Waals surface area contributed by atoms with E-state index in [0.717, 1.165) is 96.3 Å². The summed E-state index contributed by atoms with van der Waals surface area (Å²) in [7, 11) is 0. The molecule has 0 aliphatic heterocycles. The normalized spacial score (nSPS) is 8.71. The quantitative estimate of drug-likeness (QED) is 0.263. The van der Waals surface area contributed by atoms with Gasteiger partial charge < -0.3 is 25.5 Å². The van der Waals surface area contributed by atoms with E-state index < -0.39 is 0 Å². The maximum Gasteiger partial charge on any atom is 5.00 e. The van der Waals surface area contributed by atoms with Crippen LogP contribution in [0.3, 0.4) is 0 Å². The molecule has 0 aromatic carbocycles. The van der Waals surface area contributed by atoms with Gasteiger partial charge in [-0.3, -0.25) is 0 Å². The van der Waals surface area contributed by atoms with Crippen LogP contribution in [0.1, 0.15) is 131 Å². The van der Waals surface area contributed by atoms with Gasteiger partial charge in [-0.2, -0.15) is 0 Å². The van der Waals surface area contributed by atoms with Crippen molar-refractivity contribution in [2.24, 2.45) is 0 Å². The third-order valence-electron chi connectivity index (χ3n) is 3.74. The first kappa shape index (κ1) is 45.1. The minimum Gasteiger partial charge on any atom is -0.854 e. The van der Waals surface area contributed by atoms with Gasteiger partial charge in [-0.05, 0) is 0 Å². The van der Waals surface area contributed by atoms with Gasteiger partial charge in [0.25, 0.3) is 0 Å². The van der Waals surface area contributed by atoms with E-state index in [1.54, 1.807) is 0 Å². The molecule has 0 radical (unpaired) electrons. The van der Waals surface area contributed by atoms with Gasteiger partial charge in [-0.25, -0.2) is 0 Å². The fourth-order valence-electron chi connectivity index (χ4n) is 1.76. The largest absolute Gasteiger partial charge is 5.00 e. The predicted molar refractivity (Wildman–Crippen MR) is 122 cm³/mol. The molecule has 0 bridgehead atoms. The fraction of sp³-hybridized carbons (Fsp3) is 1.00. The number of hydrogen-bond donors (Lipinski definition) is 0. The zero-order valence-electron chi connectivity index (χ0n) is 21.6. The molecular formula is C25H55O5Ta. The Bertz CT molecular complexity index is 132. The third-order valence-corrected chi connectivity index (χ3v) is 3.74. The standard InChI is InChI=1S/5C5H11O.Ta/c5*1-2-3-4-5-6;/h5*2-5H2,1H3;/q5*-1;+5. The molecule has 0 unspecified atom stereocenters. The molecule has 0 N–H and O–H groups in total. The van der Waals surface area contributed by atoms with Crippen LogP contribution in [0, 0.1) is 0 Å². The van der Waals surface area contributed by atoms with Crippen molar-refractivity contribution < 1.29 is 47.9 Å². The van der Waals surface area contributed by atoms with Crippen molar-refractivity contribution in [1.82, 2.24) is 0 Å². The maximum absolute atomic E-state index is 9.69. The second-order valence-electron chi connectivity index (χ2n) is 7.06. The fourth-order valence-corrected chi connectivity index (χ4v) is 1.76. The molecule has 0 saturated heterocycles. The maximum atomic E-state index is 9.69. The van der Waals surface area contributed by atoms with E-state index in [1.165, 1.54) is 0 Å². The molecule has 6 heteroatoms. The average molecular weight is 617 g/mol. The zero-order chi connectivity index (χ0) is 24.1. The van der Waals surface area contributed by atoms with Crippen molar-refractivity contribution in [2.45, 2.75) is 131 Å². The number of hydrogen-bond acceptors (Lipinski definition) is 5. The van der Waals surface area contributed by atoms with Crippen LogP contribution >= 0.6 is 0 Å². The van der Waals surface area contributed by atoms with E-state index in [0.29, 0.717) is 0 Å². The summed E-state index contributed by atoms with van der Waals surface area (Å²) in [5.74, 6) is 0. The Morgan fingerprint density at radius 3 is 0.452 bits per heavy atom. The van der Waals surface area contributed by atoms with Gasteiger partial charge in [0.2, 0.25) is 0 Å². The molecule has 0 atom stereocenters. The van der Waals surface area contributed by atoms with Crippen LogP contribution in [0.15, 0.2) is 0 Å². The molecule has 0 rings (SSSR count). The van der Waals surface area contributed by atoms with Gasteiger partial charge in [0.05, 0.1) is 0 Å². The van der Waals surface area contributed by atoms with Crippen LogP contribution in [-0.4, -0.2) is 33.0 Å². The Balaban J connectivity index is -0.0000000625. The second kappa shape index (κ2) is 63.2. The summed E-state index contributed by atoms with van der Waals surface area (Å²) in [6.45, 7) is 11.0. The number of unbranched alkanes of at least 4 members (excludes halogenated alkanes) is 10. The van der Waals surface area contributed by atoms with Crippen molar-refractivity contribution in [3.05, 3.63) is 0 Å². The molecule has 0 aliphatic rings. The average Bonchev–Trinajstić information content (AvgIpc) is 2.78. The van der Waals surface area contributed by atoms with Gasteiger partial charge in [0, 0.05) is 0 Å². The van der Waals surface area contributed by atoms with Crippen LogP contribution in [-0.2, 0) is 22.4 Å². The van der Waals surface area contributed by atoms with Crippen LogP contribution in [0.4, 0.5) is 0 Å². The first-order valence-electron chi connectivity index (χ1n) is 12.5. The Morgan fingerprint density at radius 2 is 0.419 bits per heavy atom. The van der Waals surface area contributed by atoms with Crippen LogP contribution in [0.5, 0.6) is 0 Å². The van der Waals surface area contributed by atoms with Crippen molar-refractivity contribution >= 4 is 0 Å². The molecule has 0 heterocycles. The van der Waals surface area contributed by atoms with E-state index in [1.807, 2.05) is 0 Å². The van der Waals surface area contributed by atoms with Crippen LogP contribution in [0.2, 0.25) is 0 Å². The third kappa shape index (κ3) is 103. The summed E-state index contributed by atoms with van der Waals surface area (Å²) < 4.78 is 0. The zero-order valence-corrected chi connectivity index (χ0v) is 24.8. The molecule has 0 amide bonds. The van der Waals surface area contributed by atoms with Gasteiger partial charge in [-0.15, -0.1) is 33.0 Å². The molecule has 5 nitrogen and oxygen atoms in total. The van der Waals surface area contributed by atoms with Gasteiger partial charge in [0.15, 0.2) is 0 Å². The van der Waals surface area contributed by atoms with Crippen molar-refractivity contribution in [3.63, 3.8) is 0 Å². The van der Waals surface area contributed by atoms with Crippen molar-refractivity contribution in [1.29, 1.82) is 0 Å². The van der Waals surface area contributed by atoms with E-state index in [9.17, 15) is 25.5 Å². The Labute approximate surface area is 211 Å². The summed E-state index contributed by atoms with van der Waals surface area (Å²) in [5, 5.41) is 48.4. The second-order valence-corrected chi connectivity index (χ2v) is 7.06. The Hall–Kier alpha value is 0.540. The summed E-state index contributed by atoms with van der Waals surface area (Å²) in [4.78, 5) is 0. The summed E-state index contributed by atoms with van der Waals surface area (Å²) in [5.41, 5.74) is 0. The van der Waals surface area contributed by atoms with Crippen LogP contribution < -0.4 is 25.5 Å². The van der Waals surface area contributed by atoms with E-state index >= 15 is 0 Å². The molecule has 0 saturated carbocycles. The molecule has 0 fully saturated rings. The molecular weight excluding hydrogens is 561 g/mol. The molecule has 0 aromatic heterocycles.